The van der Waals surface area contributed by atoms with Gasteiger partial charge < -0.3 is 5.73 Å². The Bertz CT molecular complexity index is 397. The molecule has 2 N–H and O–H groups in total. The van der Waals surface area contributed by atoms with Crippen LogP contribution in [0.5, 0.6) is 0 Å². The van der Waals surface area contributed by atoms with E-state index in [4.69, 9.17) is 5.73 Å². The Balaban J connectivity index is 2.02. The molecule has 2 rings (SSSR count). The number of nitrogens with two attached hydrogens (primary N) is 1. The molecule has 2 heterocycles. The number of thiophene rings is 1. The lowest BCUT2D eigenvalue weighted by Gasteiger charge is -2.26. The quantitative estimate of drug-likeness (QED) is 0.860. The number of rotatable bonds is 2. The number of sulfone groups is 1. The van der Waals surface area contributed by atoms with E-state index in [1.165, 1.54) is 4.88 Å². The van der Waals surface area contributed by atoms with E-state index in [1.54, 1.807) is 11.3 Å². The zero-order chi connectivity index (χ0) is 10.9. The highest BCUT2D eigenvalue weighted by Crippen LogP contribution is 2.31. The van der Waals surface area contributed by atoms with Gasteiger partial charge in [-0.3, -0.25) is 0 Å². The molecule has 0 radical (unpaired) electrons. The summed E-state index contributed by atoms with van der Waals surface area (Å²) in [5.41, 5.74) is 6.12. The molecule has 15 heavy (non-hydrogen) atoms. The Hall–Kier alpha value is -0.390. The zero-order valence-electron chi connectivity index (χ0n) is 8.43. The molecule has 1 aliphatic heterocycles. The van der Waals surface area contributed by atoms with Gasteiger partial charge in [0.1, 0.15) is 9.84 Å². The minimum atomic E-state index is -2.77. The van der Waals surface area contributed by atoms with Gasteiger partial charge in [-0.2, -0.15) is 0 Å². The van der Waals surface area contributed by atoms with E-state index >= 15 is 0 Å². The lowest BCUT2D eigenvalue weighted by atomic mass is 9.93. The zero-order valence-corrected chi connectivity index (χ0v) is 10.1. The third-order valence-electron chi connectivity index (χ3n) is 2.98. The first-order chi connectivity index (χ1) is 7.08. The van der Waals surface area contributed by atoms with Crippen LogP contribution in [0.4, 0.5) is 0 Å². The minimum Gasteiger partial charge on any atom is -0.323 e. The van der Waals surface area contributed by atoms with Gasteiger partial charge >= 0.3 is 0 Å². The van der Waals surface area contributed by atoms with Crippen molar-refractivity contribution in [3.8, 4) is 0 Å². The fourth-order valence-electron chi connectivity index (χ4n) is 1.98. The smallest absolute Gasteiger partial charge is 0.150 e. The molecule has 1 aromatic heterocycles. The summed E-state index contributed by atoms with van der Waals surface area (Å²) in [6.07, 6.45) is 1.42. The molecule has 3 nitrogen and oxygen atoms in total. The molecule has 0 spiro atoms. The van der Waals surface area contributed by atoms with Crippen LogP contribution in [-0.2, 0) is 9.84 Å². The SMILES string of the molecule is NC(c1cccs1)C1CCS(=O)(=O)CC1. The normalized spacial score (nSPS) is 23.8. The molecule has 1 aliphatic rings. The van der Waals surface area contributed by atoms with E-state index in [1.807, 2.05) is 17.5 Å². The van der Waals surface area contributed by atoms with Gasteiger partial charge in [0.2, 0.25) is 0 Å². The summed E-state index contributed by atoms with van der Waals surface area (Å²) in [6, 6.07) is 4.03. The third-order valence-corrected chi connectivity index (χ3v) is 5.67. The van der Waals surface area contributed by atoms with E-state index in [-0.39, 0.29) is 6.04 Å². The summed E-state index contributed by atoms with van der Waals surface area (Å²) in [5.74, 6) is 0.931. The van der Waals surface area contributed by atoms with Crippen molar-refractivity contribution in [2.45, 2.75) is 18.9 Å². The van der Waals surface area contributed by atoms with Gasteiger partial charge in [-0.15, -0.1) is 11.3 Å². The van der Waals surface area contributed by atoms with Crippen LogP contribution in [0.3, 0.4) is 0 Å². The van der Waals surface area contributed by atoms with Crippen molar-refractivity contribution in [2.75, 3.05) is 11.5 Å². The fraction of sp³-hybridized carbons (Fsp3) is 0.600. The van der Waals surface area contributed by atoms with E-state index in [0.717, 1.165) is 0 Å². The molecule has 1 unspecified atom stereocenters. The largest absolute Gasteiger partial charge is 0.323 e. The van der Waals surface area contributed by atoms with Crippen LogP contribution in [0, 0.1) is 5.92 Å². The Morgan fingerprint density at radius 2 is 2.07 bits per heavy atom. The van der Waals surface area contributed by atoms with Crippen molar-refractivity contribution < 1.29 is 8.42 Å². The van der Waals surface area contributed by atoms with Gasteiger partial charge in [-0.05, 0) is 30.2 Å². The summed E-state index contributed by atoms with van der Waals surface area (Å²) in [6.45, 7) is 0. The standard InChI is InChI=1S/C10H15NO2S2/c11-10(9-2-1-5-14-9)8-3-6-15(12,13)7-4-8/h1-2,5,8,10H,3-4,6-7,11H2. The molecule has 0 aromatic carbocycles. The maximum Gasteiger partial charge on any atom is 0.150 e. The summed E-state index contributed by atoms with van der Waals surface area (Å²) in [5, 5.41) is 2.01. The van der Waals surface area contributed by atoms with Crippen molar-refractivity contribution in [1.82, 2.24) is 0 Å². The molecule has 5 heteroatoms. The van der Waals surface area contributed by atoms with Gasteiger partial charge in [0.25, 0.3) is 0 Å². The summed E-state index contributed by atoms with van der Waals surface area (Å²) in [4.78, 5) is 1.17. The molecule has 0 saturated carbocycles. The van der Waals surface area contributed by atoms with E-state index in [2.05, 4.69) is 0 Å². The van der Waals surface area contributed by atoms with Crippen LogP contribution in [-0.4, -0.2) is 19.9 Å². The molecule has 0 bridgehead atoms. The Morgan fingerprint density at radius 3 is 2.60 bits per heavy atom. The topological polar surface area (TPSA) is 60.2 Å². The predicted octanol–water partition coefficient (Wildman–Crippen LogP) is 1.57. The first-order valence-electron chi connectivity index (χ1n) is 5.08. The number of hydrogen-bond acceptors (Lipinski definition) is 4. The van der Waals surface area contributed by atoms with Crippen molar-refractivity contribution >= 4 is 21.2 Å². The van der Waals surface area contributed by atoms with Crippen molar-refractivity contribution in [3.63, 3.8) is 0 Å². The lowest BCUT2D eigenvalue weighted by molar-refractivity contribution is 0.396. The van der Waals surface area contributed by atoms with Gasteiger partial charge in [0.15, 0.2) is 0 Å². The van der Waals surface area contributed by atoms with E-state index in [0.29, 0.717) is 30.3 Å². The van der Waals surface area contributed by atoms with Crippen LogP contribution in [0.1, 0.15) is 23.8 Å². The second-order valence-electron chi connectivity index (χ2n) is 4.03. The average Bonchev–Trinajstić information content (AvgIpc) is 2.69. The summed E-state index contributed by atoms with van der Waals surface area (Å²) >= 11 is 1.65. The molecule has 1 saturated heterocycles. The van der Waals surface area contributed by atoms with E-state index in [9.17, 15) is 8.42 Å². The lowest BCUT2D eigenvalue weighted by Crippen LogP contribution is -2.30. The van der Waals surface area contributed by atoms with Crippen LogP contribution >= 0.6 is 11.3 Å². The molecular weight excluding hydrogens is 230 g/mol. The van der Waals surface area contributed by atoms with Crippen LogP contribution in [0.2, 0.25) is 0 Å². The highest BCUT2D eigenvalue weighted by Gasteiger charge is 2.28. The molecule has 84 valence electrons. The van der Waals surface area contributed by atoms with Gasteiger partial charge in [0, 0.05) is 10.9 Å². The third kappa shape index (κ3) is 2.59. The predicted molar refractivity (Wildman–Crippen MR) is 62.6 cm³/mol. The highest BCUT2D eigenvalue weighted by molar-refractivity contribution is 7.91. The minimum absolute atomic E-state index is 0.0144. The first-order valence-corrected chi connectivity index (χ1v) is 7.78. The van der Waals surface area contributed by atoms with Crippen LogP contribution in [0.15, 0.2) is 17.5 Å². The Kier molecular flexibility index (Phi) is 3.13. The maximum atomic E-state index is 11.3. The molecule has 1 fully saturated rings. The molecule has 0 aliphatic carbocycles. The van der Waals surface area contributed by atoms with E-state index < -0.39 is 9.84 Å². The maximum absolute atomic E-state index is 11.3. The molecule has 1 atom stereocenters. The first kappa shape index (κ1) is 11.1. The second kappa shape index (κ2) is 4.23. The molecule has 0 amide bonds. The molecular formula is C10H15NO2S2. The number of hydrogen-bond donors (Lipinski definition) is 1. The molecule has 1 aromatic rings. The second-order valence-corrected chi connectivity index (χ2v) is 7.31. The van der Waals surface area contributed by atoms with Crippen molar-refractivity contribution in [2.24, 2.45) is 11.7 Å². The van der Waals surface area contributed by atoms with Crippen molar-refractivity contribution in [3.05, 3.63) is 22.4 Å². The Labute approximate surface area is 94.2 Å². The average molecular weight is 245 g/mol. The van der Waals surface area contributed by atoms with Crippen LogP contribution in [0.25, 0.3) is 0 Å². The highest BCUT2D eigenvalue weighted by atomic mass is 32.2. The van der Waals surface area contributed by atoms with Crippen molar-refractivity contribution in [1.29, 1.82) is 0 Å². The fourth-order valence-corrected chi connectivity index (χ4v) is 4.33. The van der Waals surface area contributed by atoms with Crippen LogP contribution < -0.4 is 5.73 Å². The Morgan fingerprint density at radius 1 is 1.40 bits per heavy atom. The summed E-state index contributed by atoms with van der Waals surface area (Å²) < 4.78 is 22.5. The van der Waals surface area contributed by atoms with Gasteiger partial charge in [0.05, 0.1) is 11.5 Å². The summed E-state index contributed by atoms with van der Waals surface area (Å²) in [7, 11) is -2.77. The monoisotopic (exact) mass is 245 g/mol. The van der Waals surface area contributed by atoms with Gasteiger partial charge in [-0.1, -0.05) is 6.07 Å². The van der Waals surface area contributed by atoms with Gasteiger partial charge in [-0.25, -0.2) is 8.42 Å².